The molecule has 1 heterocycles. The minimum absolute atomic E-state index is 0.160. The predicted octanol–water partition coefficient (Wildman–Crippen LogP) is 2.64. The van der Waals surface area contributed by atoms with Crippen molar-refractivity contribution in [2.24, 2.45) is 0 Å². The van der Waals surface area contributed by atoms with Gasteiger partial charge in [-0.3, -0.25) is 0 Å². The number of benzene rings is 2. The third-order valence-corrected chi connectivity index (χ3v) is 9.40. The van der Waals surface area contributed by atoms with Gasteiger partial charge in [0.1, 0.15) is 11.5 Å². The fourth-order valence-corrected chi connectivity index (χ4v) is 6.79. The zero-order valence-electron chi connectivity index (χ0n) is 16.7. The van der Waals surface area contributed by atoms with Crippen molar-refractivity contribution < 1.29 is 26.3 Å². The van der Waals surface area contributed by atoms with Crippen molar-refractivity contribution in [1.29, 1.82) is 0 Å². The molecule has 1 saturated heterocycles. The lowest BCUT2D eigenvalue weighted by Crippen LogP contribution is -2.42. The summed E-state index contributed by atoms with van der Waals surface area (Å²) in [7, 11) is -4.17. The summed E-state index contributed by atoms with van der Waals surface area (Å²) in [4.78, 5) is 0.414. The van der Waals surface area contributed by atoms with Crippen LogP contribution >= 0.6 is 0 Å². The molecule has 0 aromatic heterocycles. The number of ether oxygens (including phenoxy) is 2. The third kappa shape index (κ3) is 4.26. The molecular weight excluding hydrogens is 414 g/mol. The van der Waals surface area contributed by atoms with Gasteiger partial charge in [-0.25, -0.2) is 16.8 Å². The van der Waals surface area contributed by atoms with E-state index in [2.05, 4.69) is 0 Å². The van der Waals surface area contributed by atoms with Crippen LogP contribution in [0, 0.1) is 6.92 Å². The zero-order chi connectivity index (χ0) is 21.2. The minimum Gasteiger partial charge on any atom is -0.497 e. The molecule has 7 nitrogen and oxygen atoms in total. The van der Waals surface area contributed by atoms with Gasteiger partial charge in [0.15, 0.2) is 9.84 Å². The van der Waals surface area contributed by atoms with Crippen molar-refractivity contribution in [1.82, 2.24) is 4.31 Å². The fourth-order valence-electron chi connectivity index (χ4n) is 3.50. The van der Waals surface area contributed by atoms with Crippen LogP contribution in [0.2, 0.25) is 0 Å². The maximum absolute atomic E-state index is 13.0. The van der Waals surface area contributed by atoms with Crippen molar-refractivity contribution in [3.05, 3.63) is 48.0 Å². The van der Waals surface area contributed by atoms with Gasteiger partial charge in [-0.15, -0.1) is 0 Å². The number of piperidine rings is 1. The third-order valence-electron chi connectivity index (χ3n) is 5.23. The summed E-state index contributed by atoms with van der Waals surface area (Å²) in [5.74, 6) is 1.20. The molecule has 0 amide bonds. The van der Waals surface area contributed by atoms with E-state index >= 15 is 0 Å². The Balaban J connectivity index is 1.74. The van der Waals surface area contributed by atoms with Crippen LogP contribution in [0.5, 0.6) is 11.5 Å². The number of aryl methyl sites for hydroxylation is 1. The fraction of sp³-hybridized carbons (Fsp3) is 0.400. The van der Waals surface area contributed by atoms with Crippen LogP contribution in [0.4, 0.5) is 0 Å². The first-order valence-corrected chi connectivity index (χ1v) is 12.2. The van der Waals surface area contributed by atoms with Gasteiger partial charge < -0.3 is 9.47 Å². The maximum atomic E-state index is 13.0. The van der Waals surface area contributed by atoms with Crippen LogP contribution in [-0.2, 0) is 19.9 Å². The Morgan fingerprint density at radius 2 is 1.45 bits per heavy atom. The van der Waals surface area contributed by atoms with Gasteiger partial charge in [-0.05, 0) is 67.8 Å². The second-order valence-electron chi connectivity index (χ2n) is 6.96. The van der Waals surface area contributed by atoms with Gasteiger partial charge in [-0.1, -0.05) is 0 Å². The first kappa shape index (κ1) is 21.6. The molecule has 0 aliphatic carbocycles. The molecular formula is C20H25NO6S2. The number of nitrogens with zero attached hydrogens (tertiary/aromatic N) is 1. The van der Waals surface area contributed by atoms with E-state index in [1.165, 1.54) is 36.7 Å². The van der Waals surface area contributed by atoms with E-state index in [9.17, 15) is 16.8 Å². The molecule has 2 aromatic rings. The number of methoxy groups -OCH3 is 2. The first-order valence-electron chi connectivity index (χ1n) is 9.23. The molecule has 0 atom stereocenters. The van der Waals surface area contributed by atoms with Crippen molar-refractivity contribution in [2.45, 2.75) is 34.8 Å². The summed E-state index contributed by atoms with van der Waals surface area (Å²) in [5.41, 5.74) is 0.727. The summed E-state index contributed by atoms with van der Waals surface area (Å²) in [6, 6.07) is 11.0. The quantitative estimate of drug-likeness (QED) is 0.687. The highest BCUT2D eigenvalue weighted by molar-refractivity contribution is 7.92. The first-order chi connectivity index (χ1) is 13.7. The molecule has 29 heavy (non-hydrogen) atoms. The molecule has 9 heteroatoms. The Labute approximate surface area is 172 Å². The predicted molar refractivity (Wildman–Crippen MR) is 110 cm³/mol. The maximum Gasteiger partial charge on any atom is 0.243 e. The summed E-state index contributed by atoms with van der Waals surface area (Å²) in [6.45, 7) is 2.10. The van der Waals surface area contributed by atoms with Crippen LogP contribution in [0.25, 0.3) is 0 Å². The van der Waals surface area contributed by atoms with E-state index in [1.807, 2.05) is 0 Å². The van der Waals surface area contributed by atoms with Gasteiger partial charge in [0.05, 0.1) is 29.3 Å². The highest BCUT2D eigenvalue weighted by atomic mass is 32.2. The standard InChI is InChI=1S/C20H25NO6S2/c1-15-14-19(8-9-20(15)27-3)29(24,25)21-12-10-18(11-13-21)28(22,23)17-6-4-16(26-2)5-7-17/h4-9,14,18H,10-13H2,1-3H3. The van der Waals surface area contributed by atoms with Crippen LogP contribution in [0.15, 0.2) is 52.3 Å². The lowest BCUT2D eigenvalue weighted by atomic mass is 10.2. The summed E-state index contributed by atoms with van der Waals surface area (Å²) in [5, 5.41) is -0.611. The normalized spacial score (nSPS) is 16.5. The smallest absolute Gasteiger partial charge is 0.243 e. The Kier molecular flexibility index (Phi) is 6.21. The van der Waals surface area contributed by atoms with E-state index in [1.54, 1.807) is 31.2 Å². The van der Waals surface area contributed by atoms with E-state index in [0.717, 1.165) is 5.56 Å². The van der Waals surface area contributed by atoms with Crippen LogP contribution in [-0.4, -0.2) is 53.7 Å². The van der Waals surface area contributed by atoms with Crippen molar-refractivity contribution >= 4 is 19.9 Å². The molecule has 3 rings (SSSR count). The Hall–Kier alpha value is -2.10. The molecule has 0 N–H and O–H groups in total. The lowest BCUT2D eigenvalue weighted by molar-refractivity contribution is 0.345. The van der Waals surface area contributed by atoms with Gasteiger partial charge in [0.2, 0.25) is 10.0 Å². The van der Waals surface area contributed by atoms with Gasteiger partial charge in [-0.2, -0.15) is 4.31 Å². The molecule has 0 radical (unpaired) electrons. The second-order valence-corrected chi connectivity index (χ2v) is 11.1. The molecule has 0 bridgehead atoms. The molecule has 1 fully saturated rings. The summed E-state index contributed by atoms with van der Waals surface area (Å²) < 4.78 is 63.3. The van der Waals surface area contributed by atoms with Crippen LogP contribution < -0.4 is 9.47 Å². The molecule has 0 spiro atoms. The topological polar surface area (TPSA) is 90.0 Å². The average molecular weight is 440 g/mol. The van der Waals surface area contributed by atoms with Gasteiger partial charge >= 0.3 is 0 Å². The highest BCUT2D eigenvalue weighted by Crippen LogP contribution is 2.30. The number of sulfone groups is 1. The molecule has 2 aromatic carbocycles. The van der Waals surface area contributed by atoms with E-state index in [4.69, 9.17) is 9.47 Å². The van der Waals surface area contributed by atoms with Crippen LogP contribution in [0.3, 0.4) is 0 Å². The number of hydrogen-bond acceptors (Lipinski definition) is 6. The summed E-state index contributed by atoms with van der Waals surface area (Å²) >= 11 is 0. The van der Waals surface area contributed by atoms with Crippen molar-refractivity contribution in [3.63, 3.8) is 0 Å². The molecule has 0 saturated carbocycles. The van der Waals surface area contributed by atoms with Gasteiger partial charge in [0, 0.05) is 13.1 Å². The minimum atomic E-state index is -3.69. The van der Waals surface area contributed by atoms with E-state index < -0.39 is 25.1 Å². The largest absolute Gasteiger partial charge is 0.497 e. The molecule has 0 unspecified atom stereocenters. The van der Waals surface area contributed by atoms with Gasteiger partial charge in [0.25, 0.3) is 0 Å². The zero-order valence-corrected chi connectivity index (χ0v) is 18.3. The highest BCUT2D eigenvalue weighted by Gasteiger charge is 2.35. The molecule has 1 aliphatic heterocycles. The average Bonchev–Trinajstić information content (AvgIpc) is 2.73. The molecule has 1 aliphatic rings. The van der Waals surface area contributed by atoms with E-state index in [-0.39, 0.29) is 35.7 Å². The monoisotopic (exact) mass is 439 g/mol. The second kappa shape index (κ2) is 8.33. The van der Waals surface area contributed by atoms with Crippen LogP contribution in [0.1, 0.15) is 18.4 Å². The Morgan fingerprint density at radius 1 is 0.862 bits per heavy atom. The number of rotatable bonds is 6. The Morgan fingerprint density at radius 3 is 1.97 bits per heavy atom. The SMILES string of the molecule is COc1ccc(S(=O)(=O)C2CCN(S(=O)(=O)c3ccc(OC)c(C)c3)CC2)cc1. The number of hydrogen-bond donors (Lipinski definition) is 0. The summed E-state index contributed by atoms with van der Waals surface area (Å²) in [6.07, 6.45) is 0.505. The lowest BCUT2D eigenvalue weighted by Gasteiger charge is -2.31. The molecule has 158 valence electrons. The van der Waals surface area contributed by atoms with Crippen molar-refractivity contribution in [2.75, 3.05) is 27.3 Å². The Bertz CT molecular complexity index is 1070. The van der Waals surface area contributed by atoms with Crippen molar-refractivity contribution in [3.8, 4) is 11.5 Å². The van der Waals surface area contributed by atoms with E-state index in [0.29, 0.717) is 11.5 Å². The number of sulfonamides is 1.